The molecule has 0 radical (unpaired) electrons. The summed E-state index contributed by atoms with van der Waals surface area (Å²) in [6, 6.07) is 5.90. The molecular formula is C22H33N3O3. The number of fused-ring (bicyclic) bond motifs is 1. The van der Waals surface area contributed by atoms with Gasteiger partial charge in [-0.2, -0.15) is 0 Å². The van der Waals surface area contributed by atoms with E-state index in [0.717, 1.165) is 36.2 Å². The quantitative estimate of drug-likeness (QED) is 0.527. The van der Waals surface area contributed by atoms with Crippen molar-refractivity contribution in [2.45, 2.75) is 52.8 Å². The molecule has 0 unspecified atom stereocenters. The molecule has 1 aromatic rings. The van der Waals surface area contributed by atoms with Crippen molar-refractivity contribution in [2.75, 3.05) is 32.1 Å². The lowest BCUT2D eigenvalue weighted by Gasteiger charge is -2.24. The number of carbonyl (C=O) groups excluding carboxylic acids is 2. The third-order valence-corrected chi connectivity index (χ3v) is 4.60. The zero-order chi connectivity index (χ0) is 20.9. The molecule has 6 nitrogen and oxygen atoms in total. The molecule has 154 valence electrons. The van der Waals surface area contributed by atoms with Gasteiger partial charge in [0.05, 0.1) is 6.54 Å². The highest BCUT2D eigenvalue weighted by Gasteiger charge is 2.30. The van der Waals surface area contributed by atoms with Crippen molar-refractivity contribution in [2.24, 2.45) is 0 Å². The van der Waals surface area contributed by atoms with Gasteiger partial charge in [-0.05, 0) is 59.8 Å². The first-order chi connectivity index (χ1) is 13.1. The number of amides is 2. The lowest BCUT2D eigenvalue weighted by molar-refractivity contribution is -0.107. The van der Waals surface area contributed by atoms with Crippen LogP contribution in [0.1, 0.15) is 45.2 Å². The summed E-state index contributed by atoms with van der Waals surface area (Å²) in [6.45, 7) is 10.1. The molecule has 2 rings (SSSR count). The maximum atomic E-state index is 12.4. The van der Waals surface area contributed by atoms with Crippen molar-refractivity contribution in [3.8, 4) is 0 Å². The first kappa shape index (κ1) is 22.0. The minimum absolute atomic E-state index is 0.324. The van der Waals surface area contributed by atoms with Gasteiger partial charge < -0.3 is 14.5 Å². The Kier molecular flexibility index (Phi) is 7.24. The van der Waals surface area contributed by atoms with Crippen LogP contribution in [0.5, 0.6) is 0 Å². The molecule has 0 saturated carbocycles. The van der Waals surface area contributed by atoms with Gasteiger partial charge in [0.25, 0.3) is 0 Å². The summed E-state index contributed by atoms with van der Waals surface area (Å²) in [5.41, 5.74) is 3.69. The largest absolute Gasteiger partial charge is 0.444 e. The van der Waals surface area contributed by atoms with Crippen LogP contribution in [-0.4, -0.2) is 55.1 Å². The van der Waals surface area contributed by atoms with Crippen molar-refractivity contribution in [1.82, 2.24) is 9.80 Å². The first-order valence-corrected chi connectivity index (χ1v) is 9.71. The Balaban J connectivity index is 2.10. The molecule has 28 heavy (non-hydrogen) atoms. The Bertz CT molecular complexity index is 735. The lowest BCUT2D eigenvalue weighted by atomic mass is 10.1. The molecule has 0 bridgehead atoms. The van der Waals surface area contributed by atoms with Gasteiger partial charge in [0.1, 0.15) is 5.60 Å². The highest BCUT2D eigenvalue weighted by Crippen LogP contribution is 2.32. The molecule has 0 aromatic heterocycles. The number of nitrogens with zero attached hydrogens (tertiary/aromatic N) is 3. The van der Waals surface area contributed by atoms with Crippen LogP contribution in [0, 0.1) is 0 Å². The molecular weight excluding hydrogens is 354 g/mol. The Morgan fingerprint density at radius 3 is 2.57 bits per heavy atom. The number of benzene rings is 1. The van der Waals surface area contributed by atoms with Gasteiger partial charge in [-0.15, -0.1) is 0 Å². The highest BCUT2D eigenvalue weighted by molar-refractivity contribution is 5.79. The fourth-order valence-corrected chi connectivity index (χ4v) is 3.10. The fraction of sp³-hybridized carbons (Fsp3) is 0.545. The average molecular weight is 388 g/mol. The Hall–Kier alpha value is -2.34. The second kappa shape index (κ2) is 9.24. The van der Waals surface area contributed by atoms with Crippen LogP contribution in [0.15, 0.2) is 29.8 Å². The number of anilines is 1. The third kappa shape index (κ3) is 6.09. The van der Waals surface area contributed by atoms with Crippen LogP contribution in [-0.2, 0) is 22.6 Å². The molecule has 6 heteroatoms. The number of likely N-dealkylation sites (N-methyl/N-ethyl adjacent to an activating group) is 1. The van der Waals surface area contributed by atoms with Crippen LogP contribution >= 0.6 is 0 Å². The van der Waals surface area contributed by atoms with E-state index in [1.807, 2.05) is 53.1 Å². The maximum Gasteiger partial charge on any atom is 0.410 e. The van der Waals surface area contributed by atoms with Crippen LogP contribution in [0.25, 0.3) is 0 Å². The molecule has 0 atom stereocenters. The predicted octanol–water partition coefficient (Wildman–Crippen LogP) is 3.80. The molecule has 1 aliphatic rings. The minimum atomic E-state index is -0.528. The summed E-state index contributed by atoms with van der Waals surface area (Å²) in [5.74, 6) is 0. The standard InChI is InChI=1S/C22H33N3O3/c1-17(10-12-23(5)6)11-13-24(16-26)20-9-7-8-18-14-25(15-19(18)20)21(27)28-22(2,3)4/h7-10,16H,11-15H2,1-6H3/b17-10+. The zero-order valence-corrected chi connectivity index (χ0v) is 18.0. The molecule has 0 N–H and O–H groups in total. The Morgan fingerprint density at radius 1 is 1.25 bits per heavy atom. The minimum Gasteiger partial charge on any atom is -0.444 e. The second-order valence-electron chi connectivity index (χ2n) is 8.61. The molecule has 0 spiro atoms. The van der Waals surface area contributed by atoms with E-state index in [9.17, 15) is 9.59 Å². The van der Waals surface area contributed by atoms with Gasteiger partial charge in [-0.25, -0.2) is 4.79 Å². The molecule has 0 saturated heterocycles. The molecule has 0 aliphatic carbocycles. The average Bonchev–Trinajstić information content (AvgIpc) is 3.04. The van der Waals surface area contributed by atoms with Gasteiger partial charge in [0, 0.05) is 30.9 Å². The molecule has 2 amide bonds. The number of ether oxygens (including phenoxy) is 1. The topological polar surface area (TPSA) is 53.1 Å². The van der Waals surface area contributed by atoms with E-state index < -0.39 is 5.60 Å². The summed E-state index contributed by atoms with van der Waals surface area (Å²) >= 11 is 0. The number of rotatable bonds is 7. The van der Waals surface area contributed by atoms with Crippen molar-refractivity contribution >= 4 is 18.2 Å². The summed E-state index contributed by atoms with van der Waals surface area (Å²) in [7, 11) is 4.07. The number of hydrogen-bond donors (Lipinski definition) is 0. The SMILES string of the molecule is C/C(=C\CN(C)C)CCN(C=O)c1cccc2c1CN(C(=O)OC(C)(C)C)C2. The van der Waals surface area contributed by atoms with Crippen LogP contribution < -0.4 is 4.90 Å². The summed E-state index contributed by atoms with van der Waals surface area (Å²) in [4.78, 5) is 29.7. The molecule has 0 fully saturated rings. The Labute approximate surface area is 168 Å². The van der Waals surface area contributed by atoms with Crippen molar-refractivity contribution < 1.29 is 14.3 Å². The first-order valence-electron chi connectivity index (χ1n) is 9.71. The number of carbonyl (C=O) groups is 2. The van der Waals surface area contributed by atoms with Gasteiger partial charge in [-0.1, -0.05) is 23.8 Å². The smallest absolute Gasteiger partial charge is 0.410 e. The third-order valence-electron chi connectivity index (χ3n) is 4.60. The molecule has 1 aliphatic heterocycles. The van der Waals surface area contributed by atoms with E-state index in [1.54, 1.807) is 9.80 Å². The van der Waals surface area contributed by atoms with Crippen molar-refractivity contribution in [3.63, 3.8) is 0 Å². The Morgan fingerprint density at radius 2 is 1.96 bits per heavy atom. The van der Waals surface area contributed by atoms with E-state index in [1.165, 1.54) is 5.57 Å². The van der Waals surface area contributed by atoms with Gasteiger partial charge in [-0.3, -0.25) is 9.69 Å². The van der Waals surface area contributed by atoms with Crippen molar-refractivity contribution in [3.05, 3.63) is 41.0 Å². The summed E-state index contributed by atoms with van der Waals surface area (Å²) in [5, 5.41) is 0. The lowest BCUT2D eigenvalue weighted by Crippen LogP contribution is -2.33. The highest BCUT2D eigenvalue weighted by atomic mass is 16.6. The van der Waals surface area contributed by atoms with E-state index in [4.69, 9.17) is 4.74 Å². The van der Waals surface area contributed by atoms with E-state index in [0.29, 0.717) is 19.6 Å². The predicted molar refractivity (Wildman–Crippen MR) is 112 cm³/mol. The van der Waals surface area contributed by atoms with Crippen LogP contribution in [0.2, 0.25) is 0 Å². The van der Waals surface area contributed by atoms with E-state index in [2.05, 4.69) is 17.9 Å². The maximum absolute atomic E-state index is 12.4. The fourth-order valence-electron chi connectivity index (χ4n) is 3.10. The monoisotopic (exact) mass is 387 g/mol. The van der Waals surface area contributed by atoms with Gasteiger partial charge in [0.15, 0.2) is 0 Å². The summed E-state index contributed by atoms with van der Waals surface area (Å²) < 4.78 is 5.50. The van der Waals surface area contributed by atoms with Gasteiger partial charge in [0.2, 0.25) is 6.41 Å². The molecule has 1 aromatic carbocycles. The molecule has 1 heterocycles. The van der Waals surface area contributed by atoms with Crippen molar-refractivity contribution in [1.29, 1.82) is 0 Å². The van der Waals surface area contributed by atoms with Crippen LogP contribution in [0.4, 0.5) is 10.5 Å². The van der Waals surface area contributed by atoms with E-state index in [-0.39, 0.29) is 6.09 Å². The zero-order valence-electron chi connectivity index (χ0n) is 18.0. The number of hydrogen-bond acceptors (Lipinski definition) is 4. The second-order valence-corrected chi connectivity index (χ2v) is 8.61. The normalized spacial score (nSPS) is 14.2. The van der Waals surface area contributed by atoms with E-state index >= 15 is 0 Å². The summed E-state index contributed by atoms with van der Waals surface area (Å²) in [6.07, 6.45) is 3.55. The van der Waals surface area contributed by atoms with Crippen LogP contribution in [0.3, 0.4) is 0 Å². The van der Waals surface area contributed by atoms with Gasteiger partial charge >= 0.3 is 6.09 Å².